The number of hydrogen-bond donors (Lipinski definition) is 1. The average molecular weight is 406 g/mol. The number of furan rings is 1. The topological polar surface area (TPSA) is 134 Å². The van der Waals surface area contributed by atoms with Gasteiger partial charge < -0.3 is 19.0 Å². The van der Waals surface area contributed by atoms with E-state index in [9.17, 15) is 14.9 Å². The second-order valence-electron chi connectivity index (χ2n) is 6.03. The van der Waals surface area contributed by atoms with Gasteiger partial charge in [-0.15, -0.1) is 0 Å². The van der Waals surface area contributed by atoms with Crippen molar-refractivity contribution in [1.82, 2.24) is 10.1 Å². The van der Waals surface area contributed by atoms with E-state index < -0.39 is 10.8 Å². The smallest absolute Gasteiger partial charge is 0.269 e. The van der Waals surface area contributed by atoms with Crippen molar-refractivity contribution in [3.8, 4) is 28.8 Å². The van der Waals surface area contributed by atoms with Crippen LogP contribution in [0.3, 0.4) is 0 Å². The van der Waals surface area contributed by atoms with Gasteiger partial charge in [0.05, 0.1) is 22.4 Å². The molecule has 1 N–H and O–H groups in total. The van der Waals surface area contributed by atoms with Crippen LogP contribution in [0.2, 0.25) is 0 Å². The first-order valence-corrected chi connectivity index (χ1v) is 8.74. The number of hydrogen-bond acceptors (Lipinski definition) is 8. The molecule has 150 valence electrons. The highest BCUT2D eigenvalue weighted by Crippen LogP contribution is 2.28. The van der Waals surface area contributed by atoms with Crippen molar-refractivity contribution in [2.75, 3.05) is 11.9 Å². The van der Waals surface area contributed by atoms with Crippen molar-refractivity contribution in [2.45, 2.75) is 0 Å². The number of para-hydroxylation sites is 1. The highest BCUT2D eigenvalue weighted by molar-refractivity contribution is 5.95. The van der Waals surface area contributed by atoms with Gasteiger partial charge in [0, 0.05) is 12.1 Å². The van der Waals surface area contributed by atoms with Crippen LogP contribution in [0, 0.1) is 10.1 Å². The van der Waals surface area contributed by atoms with E-state index in [-0.39, 0.29) is 24.0 Å². The third-order valence-electron chi connectivity index (χ3n) is 4.02. The monoisotopic (exact) mass is 406 g/mol. The SMILES string of the molecule is O=C(COc1ccc([N+](=O)[O-])cc1)Nc1ccccc1-c1nc(-c2ccco2)no1. The lowest BCUT2D eigenvalue weighted by Gasteiger charge is -2.09. The highest BCUT2D eigenvalue weighted by atomic mass is 16.6. The second-order valence-corrected chi connectivity index (χ2v) is 6.03. The number of anilines is 1. The maximum absolute atomic E-state index is 12.3. The molecule has 0 radical (unpaired) electrons. The molecule has 0 saturated carbocycles. The van der Waals surface area contributed by atoms with Gasteiger partial charge in [-0.3, -0.25) is 14.9 Å². The van der Waals surface area contributed by atoms with Crippen LogP contribution in [-0.4, -0.2) is 27.6 Å². The summed E-state index contributed by atoms with van der Waals surface area (Å²) in [6, 6.07) is 15.8. The van der Waals surface area contributed by atoms with Crippen molar-refractivity contribution in [2.24, 2.45) is 0 Å². The van der Waals surface area contributed by atoms with E-state index in [1.165, 1.54) is 30.5 Å². The fourth-order valence-electron chi connectivity index (χ4n) is 2.62. The van der Waals surface area contributed by atoms with E-state index in [2.05, 4.69) is 15.5 Å². The van der Waals surface area contributed by atoms with Gasteiger partial charge >= 0.3 is 0 Å². The number of amides is 1. The van der Waals surface area contributed by atoms with Crippen LogP contribution in [0.4, 0.5) is 11.4 Å². The van der Waals surface area contributed by atoms with E-state index in [0.717, 1.165) is 0 Å². The van der Waals surface area contributed by atoms with Gasteiger partial charge in [0.25, 0.3) is 17.5 Å². The third kappa shape index (κ3) is 4.17. The fourth-order valence-corrected chi connectivity index (χ4v) is 2.62. The number of nitrogens with one attached hydrogen (secondary N) is 1. The zero-order chi connectivity index (χ0) is 20.9. The van der Waals surface area contributed by atoms with Gasteiger partial charge in [-0.25, -0.2) is 0 Å². The van der Waals surface area contributed by atoms with Crippen LogP contribution < -0.4 is 10.1 Å². The highest BCUT2D eigenvalue weighted by Gasteiger charge is 2.16. The first-order valence-electron chi connectivity index (χ1n) is 8.74. The molecule has 0 saturated heterocycles. The van der Waals surface area contributed by atoms with Crippen LogP contribution in [0.25, 0.3) is 23.0 Å². The Morgan fingerprint density at radius 3 is 2.63 bits per heavy atom. The molecule has 0 fully saturated rings. The molecule has 0 aliphatic heterocycles. The van der Waals surface area contributed by atoms with Crippen LogP contribution in [-0.2, 0) is 4.79 Å². The first-order chi connectivity index (χ1) is 14.6. The zero-order valence-corrected chi connectivity index (χ0v) is 15.3. The molecule has 0 spiro atoms. The van der Waals surface area contributed by atoms with Crippen LogP contribution >= 0.6 is 0 Å². The van der Waals surface area contributed by atoms with Crippen molar-refractivity contribution < 1.29 is 23.4 Å². The number of rotatable bonds is 7. The Hall–Kier alpha value is -4.47. The van der Waals surface area contributed by atoms with Crippen molar-refractivity contribution >= 4 is 17.3 Å². The maximum atomic E-state index is 12.3. The molecule has 2 aromatic heterocycles. The fraction of sp³-hybridized carbons (Fsp3) is 0.0500. The zero-order valence-electron chi connectivity index (χ0n) is 15.3. The summed E-state index contributed by atoms with van der Waals surface area (Å²) in [6.07, 6.45) is 1.50. The molecule has 0 aliphatic rings. The number of benzene rings is 2. The van der Waals surface area contributed by atoms with Crippen LogP contribution in [0.5, 0.6) is 5.75 Å². The lowest BCUT2D eigenvalue weighted by atomic mass is 10.1. The first kappa shape index (κ1) is 18.9. The maximum Gasteiger partial charge on any atom is 0.269 e. The number of carbonyl (C=O) groups excluding carboxylic acids is 1. The van der Waals surface area contributed by atoms with E-state index in [4.69, 9.17) is 13.7 Å². The molecule has 0 aliphatic carbocycles. The van der Waals surface area contributed by atoms with E-state index >= 15 is 0 Å². The van der Waals surface area contributed by atoms with Crippen molar-refractivity contribution in [3.05, 3.63) is 77.0 Å². The van der Waals surface area contributed by atoms with Gasteiger partial charge in [0.15, 0.2) is 12.4 Å². The lowest BCUT2D eigenvalue weighted by molar-refractivity contribution is -0.384. The van der Waals surface area contributed by atoms with E-state index in [1.54, 1.807) is 36.4 Å². The number of nitro groups is 1. The van der Waals surface area contributed by atoms with E-state index in [0.29, 0.717) is 22.8 Å². The molecule has 4 aromatic rings. The summed E-state index contributed by atoms with van der Waals surface area (Å²) < 4.78 is 15.9. The van der Waals surface area contributed by atoms with Crippen LogP contribution in [0.1, 0.15) is 0 Å². The molecule has 1 amide bonds. The Kier molecular flexibility index (Phi) is 5.20. The number of non-ortho nitro benzene ring substituents is 1. The van der Waals surface area contributed by atoms with Crippen molar-refractivity contribution in [1.29, 1.82) is 0 Å². The van der Waals surface area contributed by atoms with Gasteiger partial charge in [0.2, 0.25) is 5.82 Å². The summed E-state index contributed by atoms with van der Waals surface area (Å²) in [4.78, 5) is 26.8. The summed E-state index contributed by atoms with van der Waals surface area (Å²) in [5, 5.41) is 17.3. The average Bonchev–Trinajstić information content (AvgIpc) is 3.45. The Morgan fingerprint density at radius 1 is 1.10 bits per heavy atom. The quantitative estimate of drug-likeness (QED) is 0.360. The molecule has 10 nitrogen and oxygen atoms in total. The number of carbonyl (C=O) groups is 1. The molecule has 0 unspecified atom stereocenters. The Labute approximate surface area is 169 Å². The molecular weight excluding hydrogens is 392 g/mol. The Balaban J connectivity index is 1.44. The summed E-state index contributed by atoms with van der Waals surface area (Å²) in [6.45, 7) is -0.284. The molecular formula is C20H14N4O6. The summed E-state index contributed by atoms with van der Waals surface area (Å²) in [5.41, 5.74) is 0.935. The summed E-state index contributed by atoms with van der Waals surface area (Å²) >= 11 is 0. The second kappa shape index (κ2) is 8.27. The summed E-state index contributed by atoms with van der Waals surface area (Å²) in [5.74, 6) is 0.879. The molecule has 30 heavy (non-hydrogen) atoms. The largest absolute Gasteiger partial charge is 0.484 e. The van der Waals surface area contributed by atoms with Gasteiger partial charge in [-0.2, -0.15) is 4.98 Å². The van der Waals surface area contributed by atoms with Crippen molar-refractivity contribution in [3.63, 3.8) is 0 Å². The number of aromatic nitrogens is 2. The third-order valence-corrected chi connectivity index (χ3v) is 4.02. The minimum atomic E-state index is -0.512. The Morgan fingerprint density at radius 2 is 1.90 bits per heavy atom. The van der Waals surface area contributed by atoms with Crippen LogP contribution in [0.15, 0.2) is 75.9 Å². The molecule has 2 heterocycles. The molecule has 10 heteroatoms. The number of ether oxygens (including phenoxy) is 1. The predicted molar refractivity (Wildman–Crippen MR) is 105 cm³/mol. The molecule has 0 atom stereocenters. The van der Waals surface area contributed by atoms with Gasteiger partial charge in [0.1, 0.15) is 5.75 Å². The number of nitrogens with zero attached hydrogens (tertiary/aromatic N) is 3. The number of nitro benzene ring substituents is 1. The predicted octanol–water partition coefficient (Wildman–Crippen LogP) is 3.92. The minimum Gasteiger partial charge on any atom is -0.484 e. The molecule has 2 aromatic carbocycles. The van der Waals surface area contributed by atoms with Gasteiger partial charge in [-0.05, 0) is 36.4 Å². The molecule has 4 rings (SSSR count). The normalized spacial score (nSPS) is 10.5. The summed E-state index contributed by atoms with van der Waals surface area (Å²) in [7, 11) is 0. The Bertz CT molecular complexity index is 1170. The minimum absolute atomic E-state index is 0.0609. The standard InChI is InChI=1S/C20H14N4O6/c25-18(12-29-14-9-7-13(8-10-14)24(26)27)21-16-5-2-1-4-15(16)20-22-19(23-30-20)17-6-3-11-28-17/h1-11H,12H2,(H,21,25). The lowest BCUT2D eigenvalue weighted by Crippen LogP contribution is -2.20. The van der Waals surface area contributed by atoms with Gasteiger partial charge in [-0.1, -0.05) is 17.3 Å². The molecule has 0 bridgehead atoms. The van der Waals surface area contributed by atoms with E-state index in [1.807, 2.05) is 0 Å².